The van der Waals surface area contributed by atoms with Crippen molar-refractivity contribution in [2.45, 2.75) is 19.8 Å². The predicted molar refractivity (Wildman–Crippen MR) is 44.9 cm³/mol. The maximum absolute atomic E-state index is 10.3. The summed E-state index contributed by atoms with van der Waals surface area (Å²) in [6.45, 7) is 3.54. The van der Waals surface area contributed by atoms with E-state index in [0.717, 1.165) is 26.1 Å². The first-order valence-electron chi connectivity index (χ1n) is 4.12. The minimum Gasteiger partial charge on any atom is -0.478 e. The van der Waals surface area contributed by atoms with Gasteiger partial charge in [0.05, 0.1) is 0 Å². The zero-order valence-corrected chi connectivity index (χ0v) is 7.25. The van der Waals surface area contributed by atoms with Crippen LogP contribution in [0.4, 0.5) is 0 Å². The smallest absolute Gasteiger partial charge is 0.327 e. The Morgan fingerprint density at radius 2 is 2.08 bits per heavy atom. The van der Waals surface area contributed by atoms with Gasteiger partial charge in [-0.15, -0.1) is 0 Å². The lowest BCUT2D eigenvalue weighted by Crippen LogP contribution is -2.24. The monoisotopic (exact) mass is 170 g/mol. The van der Waals surface area contributed by atoms with E-state index in [9.17, 15) is 4.79 Å². The van der Waals surface area contributed by atoms with Crippen molar-refractivity contribution in [1.29, 1.82) is 0 Å². The van der Waals surface area contributed by atoms with Gasteiger partial charge in [-0.25, -0.2) is 4.79 Å². The Morgan fingerprint density at radius 3 is 2.58 bits per heavy atom. The number of rotatable bonds is 2. The number of carboxylic acid groups (broad SMARTS) is 1. The van der Waals surface area contributed by atoms with Gasteiger partial charge in [-0.05, 0) is 18.3 Å². The van der Waals surface area contributed by atoms with Crippen molar-refractivity contribution in [3.63, 3.8) is 0 Å². The molecule has 3 heteroatoms. The number of hydrogen-bond acceptors (Lipinski definition) is 2. The highest BCUT2D eigenvalue weighted by atomic mass is 16.5. The van der Waals surface area contributed by atoms with Gasteiger partial charge in [-0.3, -0.25) is 0 Å². The van der Waals surface area contributed by atoms with Crippen LogP contribution in [0.5, 0.6) is 0 Å². The van der Waals surface area contributed by atoms with Crippen LogP contribution in [0.15, 0.2) is 12.2 Å². The molecule has 0 aliphatic carbocycles. The van der Waals surface area contributed by atoms with Crippen molar-refractivity contribution >= 4 is 5.97 Å². The number of carbonyl (C=O) groups is 1. The van der Waals surface area contributed by atoms with Crippen LogP contribution in [0.25, 0.3) is 0 Å². The second kappa shape index (κ2) is 3.72. The first-order chi connectivity index (χ1) is 5.62. The van der Waals surface area contributed by atoms with Crippen LogP contribution in [-0.4, -0.2) is 24.3 Å². The highest BCUT2D eigenvalue weighted by molar-refractivity contribution is 5.79. The number of aliphatic carboxylic acids is 1. The molecule has 0 aromatic carbocycles. The van der Waals surface area contributed by atoms with E-state index in [4.69, 9.17) is 9.84 Å². The molecule has 0 spiro atoms. The third-order valence-electron chi connectivity index (χ3n) is 2.26. The summed E-state index contributed by atoms with van der Waals surface area (Å²) in [5, 5.41) is 8.44. The summed E-state index contributed by atoms with van der Waals surface area (Å²) in [5.41, 5.74) is 0.0244. The second-order valence-electron chi connectivity index (χ2n) is 3.44. The molecule has 0 aromatic rings. The first-order valence-corrected chi connectivity index (χ1v) is 4.12. The second-order valence-corrected chi connectivity index (χ2v) is 3.44. The quantitative estimate of drug-likeness (QED) is 0.638. The lowest BCUT2D eigenvalue weighted by molar-refractivity contribution is -0.131. The zero-order chi connectivity index (χ0) is 9.03. The van der Waals surface area contributed by atoms with E-state index in [2.05, 4.69) is 6.92 Å². The first kappa shape index (κ1) is 9.26. The van der Waals surface area contributed by atoms with Crippen LogP contribution in [0.1, 0.15) is 19.8 Å². The van der Waals surface area contributed by atoms with E-state index in [1.807, 2.05) is 0 Å². The number of ether oxygens (including phenoxy) is 1. The van der Waals surface area contributed by atoms with Crippen LogP contribution in [0, 0.1) is 5.41 Å². The molecule has 0 atom stereocenters. The molecule has 1 heterocycles. The molecule has 12 heavy (non-hydrogen) atoms. The number of carboxylic acids is 1. The Kier molecular flexibility index (Phi) is 2.87. The van der Waals surface area contributed by atoms with Gasteiger partial charge < -0.3 is 9.84 Å². The molecule has 0 aromatic heterocycles. The average Bonchev–Trinajstić information content (AvgIpc) is 2.03. The van der Waals surface area contributed by atoms with Crippen LogP contribution in [0.3, 0.4) is 0 Å². The van der Waals surface area contributed by atoms with Gasteiger partial charge in [-0.2, -0.15) is 0 Å². The summed E-state index contributed by atoms with van der Waals surface area (Å²) in [5.74, 6) is -0.872. The van der Waals surface area contributed by atoms with Gasteiger partial charge in [0, 0.05) is 19.3 Å². The van der Waals surface area contributed by atoms with E-state index in [0.29, 0.717) is 0 Å². The normalized spacial score (nSPS) is 22.8. The highest BCUT2D eigenvalue weighted by Gasteiger charge is 2.24. The molecule has 1 fully saturated rings. The summed E-state index contributed by atoms with van der Waals surface area (Å²) in [6.07, 6.45) is 4.83. The van der Waals surface area contributed by atoms with Gasteiger partial charge in [0.25, 0.3) is 0 Å². The largest absolute Gasteiger partial charge is 0.478 e. The SMILES string of the molecule is CC1(/C=C\C(=O)O)CCOCC1. The summed E-state index contributed by atoms with van der Waals surface area (Å²) in [7, 11) is 0. The third-order valence-corrected chi connectivity index (χ3v) is 2.26. The fourth-order valence-corrected chi connectivity index (χ4v) is 1.28. The maximum Gasteiger partial charge on any atom is 0.327 e. The maximum atomic E-state index is 10.3. The predicted octanol–water partition coefficient (Wildman–Crippen LogP) is 1.44. The summed E-state index contributed by atoms with van der Waals surface area (Å²) in [4.78, 5) is 10.3. The van der Waals surface area contributed by atoms with E-state index in [1.54, 1.807) is 6.08 Å². The molecular weight excluding hydrogens is 156 g/mol. The molecule has 1 rings (SSSR count). The van der Waals surface area contributed by atoms with Gasteiger partial charge in [-0.1, -0.05) is 13.0 Å². The number of hydrogen-bond donors (Lipinski definition) is 1. The molecule has 0 saturated carbocycles. The van der Waals surface area contributed by atoms with Crippen LogP contribution >= 0.6 is 0 Å². The van der Waals surface area contributed by atoms with Crippen molar-refractivity contribution in [3.05, 3.63) is 12.2 Å². The molecule has 1 N–H and O–H groups in total. The lowest BCUT2D eigenvalue weighted by Gasteiger charge is -2.30. The molecule has 0 radical (unpaired) electrons. The van der Waals surface area contributed by atoms with Crippen LogP contribution in [-0.2, 0) is 9.53 Å². The van der Waals surface area contributed by atoms with Crippen molar-refractivity contribution in [3.8, 4) is 0 Å². The fraction of sp³-hybridized carbons (Fsp3) is 0.667. The average molecular weight is 170 g/mol. The third kappa shape index (κ3) is 2.66. The summed E-state index contributed by atoms with van der Waals surface area (Å²) < 4.78 is 5.19. The standard InChI is InChI=1S/C9H14O3/c1-9(3-2-8(10)11)4-6-12-7-5-9/h2-3H,4-7H2,1H3,(H,10,11)/b3-2-. The van der Waals surface area contributed by atoms with Crippen molar-refractivity contribution in [1.82, 2.24) is 0 Å². The van der Waals surface area contributed by atoms with Crippen LogP contribution in [0.2, 0.25) is 0 Å². The molecular formula is C9H14O3. The van der Waals surface area contributed by atoms with Crippen molar-refractivity contribution in [2.75, 3.05) is 13.2 Å². The molecule has 1 saturated heterocycles. The topological polar surface area (TPSA) is 46.5 Å². The van der Waals surface area contributed by atoms with E-state index < -0.39 is 5.97 Å². The minimum atomic E-state index is -0.872. The van der Waals surface area contributed by atoms with Gasteiger partial charge in [0.2, 0.25) is 0 Å². The molecule has 1 aliphatic heterocycles. The Balaban J connectivity index is 2.52. The zero-order valence-electron chi connectivity index (χ0n) is 7.25. The Bertz CT molecular complexity index is 190. The van der Waals surface area contributed by atoms with Crippen LogP contribution < -0.4 is 0 Å². The number of allylic oxidation sites excluding steroid dienone is 1. The van der Waals surface area contributed by atoms with Gasteiger partial charge in [0.15, 0.2) is 0 Å². The lowest BCUT2D eigenvalue weighted by atomic mass is 9.82. The summed E-state index contributed by atoms with van der Waals surface area (Å²) >= 11 is 0. The van der Waals surface area contributed by atoms with Crippen molar-refractivity contribution < 1.29 is 14.6 Å². The molecule has 0 unspecified atom stereocenters. The molecule has 68 valence electrons. The Labute approximate surface area is 72.0 Å². The van der Waals surface area contributed by atoms with E-state index in [-0.39, 0.29) is 5.41 Å². The van der Waals surface area contributed by atoms with Gasteiger partial charge in [0.1, 0.15) is 0 Å². The minimum absolute atomic E-state index is 0.0244. The highest BCUT2D eigenvalue weighted by Crippen LogP contribution is 2.30. The Hall–Kier alpha value is -0.830. The molecule has 1 aliphatic rings. The van der Waals surface area contributed by atoms with E-state index >= 15 is 0 Å². The van der Waals surface area contributed by atoms with Crippen molar-refractivity contribution in [2.24, 2.45) is 5.41 Å². The summed E-state index contributed by atoms with van der Waals surface area (Å²) in [6, 6.07) is 0. The Morgan fingerprint density at radius 1 is 1.50 bits per heavy atom. The fourth-order valence-electron chi connectivity index (χ4n) is 1.28. The molecule has 0 bridgehead atoms. The van der Waals surface area contributed by atoms with Gasteiger partial charge >= 0.3 is 5.97 Å². The molecule has 0 amide bonds. The van der Waals surface area contributed by atoms with E-state index in [1.165, 1.54) is 6.08 Å². The molecule has 3 nitrogen and oxygen atoms in total.